The van der Waals surface area contributed by atoms with Crippen LogP contribution in [0.25, 0.3) is 11.2 Å². The first-order chi connectivity index (χ1) is 32.1. The van der Waals surface area contributed by atoms with Crippen molar-refractivity contribution in [2.75, 3.05) is 59.3 Å². The molecule has 67 heavy (non-hydrogen) atoms. The van der Waals surface area contributed by atoms with E-state index in [0.717, 1.165) is 10.4 Å². The van der Waals surface area contributed by atoms with Crippen LogP contribution in [0.5, 0.6) is 0 Å². The van der Waals surface area contributed by atoms with Gasteiger partial charge in [-0.1, -0.05) is 107 Å². The number of nitrogens with zero attached hydrogens (tertiary/aromatic N) is 7. The molecule has 20 heteroatoms. The zero-order chi connectivity index (χ0) is 47.9. The van der Waals surface area contributed by atoms with Gasteiger partial charge in [-0.05, 0) is 62.0 Å². The van der Waals surface area contributed by atoms with Crippen molar-refractivity contribution in [1.29, 1.82) is 0 Å². The molecule has 4 unspecified atom stereocenters. The number of amides is 1. The van der Waals surface area contributed by atoms with Gasteiger partial charge in [-0.3, -0.25) is 28.3 Å². The maximum absolute atomic E-state index is 15.5. The number of H-pyrrole nitrogens is 1. The Bertz CT molecular complexity index is 2730. The summed E-state index contributed by atoms with van der Waals surface area (Å²) in [6.45, 7) is 10.6. The Morgan fingerprint density at radius 2 is 1.61 bits per heavy atom. The van der Waals surface area contributed by atoms with Crippen molar-refractivity contribution in [3.05, 3.63) is 142 Å². The Hall–Kier alpha value is -5.47. The van der Waals surface area contributed by atoms with Crippen molar-refractivity contribution < 1.29 is 27.8 Å². The van der Waals surface area contributed by atoms with Crippen molar-refractivity contribution in [3.8, 4) is 0 Å². The van der Waals surface area contributed by atoms with Gasteiger partial charge >= 0.3 is 13.4 Å². The number of ether oxygens (including phenoxy) is 2. The summed E-state index contributed by atoms with van der Waals surface area (Å²) in [4.78, 5) is 54.8. The Morgan fingerprint density at radius 3 is 2.21 bits per heavy atom. The number of aromatic nitrogens is 6. The fourth-order valence-corrected chi connectivity index (χ4v) is 15.0. The quantitative estimate of drug-likeness (QED) is 0.0731. The Kier molecular flexibility index (Phi) is 15.7. The molecule has 18 nitrogen and oxygen atoms in total. The number of carbonyl (C=O) groups is 1. The summed E-state index contributed by atoms with van der Waals surface area (Å²) in [6.07, 6.45) is 1.99. The van der Waals surface area contributed by atoms with Crippen LogP contribution in [0.1, 0.15) is 62.5 Å². The van der Waals surface area contributed by atoms with E-state index in [1.807, 2.05) is 49.4 Å². The second-order valence-electron chi connectivity index (χ2n) is 17.7. The smallest absolute Gasteiger partial charge is 0.345 e. The number of fused-ring (bicyclic) bond motifs is 1. The molecule has 5 atom stereocenters. The zero-order valence-electron chi connectivity index (χ0n) is 39.3. The number of anilines is 1. The molecule has 0 saturated carbocycles. The van der Waals surface area contributed by atoms with Crippen molar-refractivity contribution in [2.24, 2.45) is 0 Å². The molecule has 1 fully saturated rings. The monoisotopic (exact) mass is 952 g/mol. The lowest BCUT2D eigenvalue weighted by atomic mass is 10.2. The summed E-state index contributed by atoms with van der Waals surface area (Å²) in [5.74, 6) is -0.0845. The molecule has 3 aromatic heterocycles. The number of aryl methyl sites for hydroxylation is 1. The fraction of sp³-hybridized carbons (Fsp3) is 0.404. The number of hydrogen-bond donors (Lipinski definition) is 3. The minimum Gasteiger partial charge on any atom is -0.405 e. The van der Waals surface area contributed by atoms with Crippen molar-refractivity contribution >= 4 is 49.3 Å². The summed E-state index contributed by atoms with van der Waals surface area (Å²) in [6, 6.07) is 29.3. The van der Waals surface area contributed by atoms with Crippen molar-refractivity contribution in [2.45, 2.75) is 70.7 Å². The van der Waals surface area contributed by atoms with Gasteiger partial charge in [0, 0.05) is 30.4 Å². The van der Waals surface area contributed by atoms with Gasteiger partial charge in [0.05, 0.1) is 38.3 Å². The van der Waals surface area contributed by atoms with Crippen LogP contribution in [-0.2, 0) is 23.0 Å². The van der Waals surface area contributed by atoms with Gasteiger partial charge in [-0.2, -0.15) is 0 Å². The molecule has 0 bridgehead atoms. The number of carbonyl (C=O) groups excluding carboxylic acids is 1. The molecule has 0 spiro atoms. The second kappa shape index (κ2) is 21.2. The number of hydrogen-bond acceptors (Lipinski definition) is 12. The lowest BCUT2D eigenvalue weighted by Gasteiger charge is -2.46. The first-order valence-corrected chi connectivity index (χ1v) is 25.8. The van der Waals surface area contributed by atoms with E-state index in [2.05, 4.69) is 75.6 Å². The van der Waals surface area contributed by atoms with E-state index in [1.165, 1.54) is 17.1 Å². The van der Waals surface area contributed by atoms with Crippen molar-refractivity contribution in [3.63, 3.8) is 0 Å². The molecule has 1 aliphatic rings. The topological polar surface area (TPSA) is 200 Å². The molecule has 1 saturated heterocycles. The highest BCUT2D eigenvalue weighted by Crippen LogP contribution is 2.54. The molecule has 1 aliphatic heterocycles. The lowest BCUT2D eigenvalue weighted by Crippen LogP contribution is -2.67. The van der Waals surface area contributed by atoms with E-state index >= 15 is 4.57 Å². The largest absolute Gasteiger partial charge is 0.405 e. The normalized spacial score (nSPS) is 17.9. The van der Waals surface area contributed by atoms with Gasteiger partial charge in [0.2, 0.25) is 0 Å². The predicted octanol–water partition coefficient (Wildman–Crippen LogP) is 4.91. The number of benzene rings is 3. The first-order valence-electron chi connectivity index (χ1n) is 22.3. The van der Waals surface area contributed by atoms with E-state index in [0.29, 0.717) is 35.3 Å². The van der Waals surface area contributed by atoms with Gasteiger partial charge in [0.1, 0.15) is 12.6 Å². The van der Waals surface area contributed by atoms with Crippen molar-refractivity contribution in [1.82, 2.24) is 43.7 Å². The number of nitrogens with one attached hydrogen (secondary N) is 3. The highest BCUT2D eigenvalue weighted by Gasteiger charge is 2.51. The molecule has 6 aromatic rings. The van der Waals surface area contributed by atoms with Gasteiger partial charge in [0.25, 0.3) is 19.8 Å². The van der Waals surface area contributed by atoms with Gasteiger partial charge < -0.3 is 29.1 Å². The van der Waals surface area contributed by atoms with Crippen LogP contribution in [0.3, 0.4) is 0 Å². The highest BCUT2D eigenvalue weighted by molar-refractivity contribution is 7.53. The molecule has 356 valence electrons. The van der Waals surface area contributed by atoms with Crippen LogP contribution in [0, 0.1) is 6.92 Å². The number of imidazole rings is 1. The third-order valence-electron chi connectivity index (χ3n) is 11.9. The third kappa shape index (κ3) is 10.6. The van der Waals surface area contributed by atoms with E-state index in [4.69, 9.17) is 18.4 Å². The van der Waals surface area contributed by atoms with E-state index in [9.17, 15) is 14.4 Å². The summed E-state index contributed by atoms with van der Waals surface area (Å²) in [5.41, 5.74) is 0.441. The lowest BCUT2D eigenvalue weighted by molar-refractivity contribution is -0.121. The van der Waals surface area contributed by atoms with Crippen LogP contribution < -0.4 is 32.3 Å². The summed E-state index contributed by atoms with van der Waals surface area (Å²) in [5, 5.41) is 7.86. The van der Waals surface area contributed by atoms with Crippen LogP contribution in [0.2, 0.25) is 5.04 Å². The Morgan fingerprint density at radius 1 is 0.970 bits per heavy atom. The first kappa shape index (κ1) is 49.4. The minimum absolute atomic E-state index is 0.0134. The van der Waals surface area contributed by atoms with Gasteiger partial charge in [-0.15, -0.1) is 0 Å². The van der Waals surface area contributed by atoms with Gasteiger partial charge in [-0.25, -0.2) is 29.1 Å². The molecule has 4 heterocycles. The standard InChI is InChI=1S/C47H61N10O8PSi/c1-9-35(64-39(25-48-6)57-32-51-41-42(49-31-50-43(41)57)52-45(59)34-19-13-10-14-20-34)29-62-66(61,54(7)8)55-27-36(65-40(28-55)56-26-33(2)44(58)53-46(56)60)30-63-67(47(3,4)5,37-21-15-11-16-22-37)38-23-17-12-18-24-38/h10-24,26,31-32,35-36,39-40,48H,9,25,27-30H2,1-8H3,(H,53,58,60)(H,49,50,52,59)/t35?,36?,39?,40-,66?/m1/s1. The van der Waals surface area contributed by atoms with E-state index in [1.54, 1.807) is 72.6 Å². The van der Waals surface area contributed by atoms with E-state index < -0.39 is 51.9 Å². The summed E-state index contributed by atoms with van der Waals surface area (Å²) < 4.78 is 49.2. The molecule has 0 aliphatic carbocycles. The average molecular weight is 953 g/mol. The summed E-state index contributed by atoms with van der Waals surface area (Å²) in [7, 11) is -1.79. The molecule has 3 N–H and O–H groups in total. The third-order valence-corrected chi connectivity index (χ3v) is 19.4. The van der Waals surface area contributed by atoms with Crippen LogP contribution in [0.4, 0.5) is 5.82 Å². The number of likely N-dealkylation sites (N-methyl/N-ethyl adjacent to an activating group) is 1. The Labute approximate surface area is 391 Å². The molecular weight excluding hydrogens is 892 g/mol. The molecule has 1 amide bonds. The fourth-order valence-electron chi connectivity index (χ4n) is 8.45. The van der Waals surface area contributed by atoms with Crippen LogP contribution >= 0.6 is 7.67 Å². The molecular formula is C47H61N10O8PSi. The maximum atomic E-state index is 15.5. The summed E-state index contributed by atoms with van der Waals surface area (Å²) >= 11 is 0. The second-order valence-corrected chi connectivity index (χ2v) is 24.6. The van der Waals surface area contributed by atoms with Crippen LogP contribution in [0.15, 0.2) is 119 Å². The maximum Gasteiger partial charge on any atom is 0.345 e. The molecule has 3 aromatic carbocycles. The van der Waals surface area contributed by atoms with Gasteiger partial charge in [0.15, 0.2) is 23.2 Å². The van der Waals surface area contributed by atoms with E-state index in [-0.39, 0.29) is 43.1 Å². The molecule has 7 rings (SSSR count). The number of rotatable bonds is 19. The number of aromatic amines is 1. The SMILES string of the molecule is CCC(COP(=O)(N(C)C)N1CC(CO[Si](c2ccccc2)(c2ccccc2)C(C)(C)C)O[C@@H](n2cc(C)c(=O)[nH]c2=O)C1)OC(CNC)n1cnc2c(NC(=O)c3ccccc3)ncnc21. The number of morpholine rings is 1. The highest BCUT2D eigenvalue weighted by atomic mass is 31.2. The van der Waals surface area contributed by atoms with Crippen LogP contribution in [-0.4, -0.2) is 119 Å². The average Bonchev–Trinajstić information content (AvgIpc) is 3.77. The molecule has 0 radical (unpaired) electrons. The Balaban J connectivity index is 1.16. The zero-order valence-corrected chi connectivity index (χ0v) is 41.2. The minimum atomic E-state index is -3.90. The predicted molar refractivity (Wildman–Crippen MR) is 260 cm³/mol.